The van der Waals surface area contributed by atoms with Gasteiger partial charge in [0.15, 0.2) is 0 Å². The van der Waals surface area contributed by atoms with Crippen molar-refractivity contribution in [3.8, 4) is 0 Å². The maximum Gasteiger partial charge on any atom is 0.0189 e. The average molecular weight is 245 g/mol. The normalized spacial score (nSPS) is 19.6. The first kappa shape index (κ1) is 13.6. The molecule has 0 amide bonds. The van der Waals surface area contributed by atoms with Crippen molar-refractivity contribution in [3.63, 3.8) is 0 Å². The van der Waals surface area contributed by atoms with Gasteiger partial charge < -0.3 is 5.32 Å². The highest BCUT2D eigenvalue weighted by atomic mass is 14.9. The van der Waals surface area contributed by atoms with Crippen LogP contribution in [-0.4, -0.2) is 13.1 Å². The highest BCUT2D eigenvalue weighted by molar-refractivity contribution is 5.31. The quantitative estimate of drug-likeness (QED) is 0.794. The summed E-state index contributed by atoms with van der Waals surface area (Å²) in [5.74, 6) is 0.788. The molecule has 0 spiro atoms. The van der Waals surface area contributed by atoms with Gasteiger partial charge in [0, 0.05) is 11.5 Å². The van der Waals surface area contributed by atoms with E-state index >= 15 is 0 Å². The summed E-state index contributed by atoms with van der Waals surface area (Å²) in [7, 11) is 2.14. The molecule has 18 heavy (non-hydrogen) atoms. The van der Waals surface area contributed by atoms with Gasteiger partial charge in [-0.05, 0) is 31.4 Å². The molecule has 1 atom stereocenters. The summed E-state index contributed by atoms with van der Waals surface area (Å²) in [6.45, 7) is 4.66. The Morgan fingerprint density at radius 2 is 1.72 bits per heavy atom. The van der Waals surface area contributed by atoms with Crippen LogP contribution < -0.4 is 5.32 Å². The topological polar surface area (TPSA) is 12.0 Å². The summed E-state index contributed by atoms with van der Waals surface area (Å²) in [6.07, 6.45) is 6.62. The summed E-state index contributed by atoms with van der Waals surface area (Å²) in [5.41, 5.74) is 1.94. The van der Waals surface area contributed by atoms with E-state index in [1.807, 2.05) is 0 Å². The first-order chi connectivity index (χ1) is 8.78. The Labute approximate surface area is 112 Å². The summed E-state index contributed by atoms with van der Waals surface area (Å²) in [6, 6.07) is 11.8. The highest BCUT2D eigenvalue weighted by Gasteiger charge is 2.46. The number of benzene rings is 1. The smallest absolute Gasteiger partial charge is 0.0189 e. The van der Waals surface area contributed by atoms with Crippen LogP contribution in [0.25, 0.3) is 0 Å². The third-order valence-electron chi connectivity index (χ3n) is 5.02. The summed E-state index contributed by atoms with van der Waals surface area (Å²) < 4.78 is 0. The Balaban J connectivity index is 2.31. The van der Waals surface area contributed by atoms with Gasteiger partial charge in [0.2, 0.25) is 0 Å². The number of likely N-dealkylation sites (N-methyl/N-ethyl adjacent to an activating group) is 1. The van der Waals surface area contributed by atoms with Gasteiger partial charge in [-0.15, -0.1) is 0 Å². The molecule has 1 fully saturated rings. The van der Waals surface area contributed by atoms with Crippen LogP contribution in [0.2, 0.25) is 0 Å². The zero-order chi connectivity index (χ0) is 13.0. The van der Waals surface area contributed by atoms with E-state index in [0.717, 1.165) is 5.92 Å². The predicted molar refractivity (Wildman–Crippen MR) is 78.9 cm³/mol. The fourth-order valence-electron chi connectivity index (χ4n) is 3.83. The van der Waals surface area contributed by atoms with Gasteiger partial charge >= 0.3 is 0 Å². The fraction of sp³-hybridized carbons (Fsp3) is 0.647. The van der Waals surface area contributed by atoms with Crippen LogP contribution in [0.15, 0.2) is 30.3 Å². The van der Waals surface area contributed by atoms with Crippen molar-refractivity contribution in [2.75, 3.05) is 7.05 Å². The van der Waals surface area contributed by atoms with Crippen LogP contribution in [0.3, 0.4) is 0 Å². The largest absolute Gasteiger partial charge is 0.316 e. The minimum absolute atomic E-state index is 0.396. The van der Waals surface area contributed by atoms with Gasteiger partial charge in [-0.3, -0.25) is 0 Å². The number of hydrogen-bond donors (Lipinski definition) is 1. The number of hydrogen-bond acceptors (Lipinski definition) is 1. The molecule has 0 saturated heterocycles. The maximum atomic E-state index is 3.65. The van der Waals surface area contributed by atoms with Gasteiger partial charge in [0.1, 0.15) is 0 Å². The highest BCUT2D eigenvalue weighted by Crippen LogP contribution is 2.49. The first-order valence-electron chi connectivity index (χ1n) is 7.51. The molecule has 0 heterocycles. The lowest BCUT2D eigenvalue weighted by Gasteiger charge is -2.51. The van der Waals surface area contributed by atoms with E-state index in [9.17, 15) is 0 Å². The van der Waals surface area contributed by atoms with Crippen molar-refractivity contribution in [2.24, 2.45) is 5.92 Å². The number of rotatable bonds is 6. The molecule has 1 nitrogen and oxygen atoms in total. The van der Waals surface area contributed by atoms with Crippen LogP contribution in [0.1, 0.15) is 51.5 Å². The molecule has 1 unspecified atom stereocenters. The molecular formula is C17H27N. The molecule has 1 aliphatic rings. The van der Waals surface area contributed by atoms with Crippen LogP contribution in [-0.2, 0) is 5.41 Å². The second kappa shape index (κ2) is 5.88. The van der Waals surface area contributed by atoms with E-state index in [-0.39, 0.29) is 0 Å². The van der Waals surface area contributed by atoms with Gasteiger partial charge in [-0.2, -0.15) is 0 Å². The molecule has 0 bridgehead atoms. The molecule has 0 aliphatic heterocycles. The minimum Gasteiger partial charge on any atom is -0.316 e. The SMILES string of the molecule is CCC(CC)C(NC)C1(c2ccccc2)CCC1. The molecule has 1 N–H and O–H groups in total. The fourth-order valence-corrected chi connectivity index (χ4v) is 3.83. The van der Waals surface area contributed by atoms with E-state index in [2.05, 4.69) is 56.5 Å². The zero-order valence-corrected chi connectivity index (χ0v) is 12.1. The van der Waals surface area contributed by atoms with Crippen molar-refractivity contribution < 1.29 is 0 Å². The lowest BCUT2D eigenvalue weighted by Crippen LogP contribution is -2.55. The first-order valence-corrected chi connectivity index (χ1v) is 7.51. The Morgan fingerprint density at radius 3 is 2.11 bits per heavy atom. The lowest BCUT2D eigenvalue weighted by atomic mass is 9.57. The van der Waals surface area contributed by atoms with E-state index < -0.39 is 0 Å². The van der Waals surface area contributed by atoms with Crippen LogP contribution >= 0.6 is 0 Å². The van der Waals surface area contributed by atoms with E-state index in [0.29, 0.717) is 11.5 Å². The van der Waals surface area contributed by atoms with E-state index in [1.54, 1.807) is 5.56 Å². The van der Waals surface area contributed by atoms with Gasteiger partial charge in [0.05, 0.1) is 0 Å². The molecular weight excluding hydrogens is 218 g/mol. The van der Waals surface area contributed by atoms with Crippen molar-refractivity contribution in [3.05, 3.63) is 35.9 Å². The monoisotopic (exact) mass is 245 g/mol. The Morgan fingerprint density at radius 1 is 1.11 bits per heavy atom. The second-order valence-corrected chi connectivity index (χ2v) is 5.72. The summed E-state index contributed by atoms with van der Waals surface area (Å²) in [4.78, 5) is 0. The predicted octanol–water partition coefficient (Wildman–Crippen LogP) is 4.13. The zero-order valence-electron chi connectivity index (χ0n) is 12.1. The molecule has 1 aromatic rings. The molecule has 0 aromatic heterocycles. The van der Waals surface area contributed by atoms with Gasteiger partial charge in [-0.25, -0.2) is 0 Å². The molecule has 1 heteroatoms. The third-order valence-corrected chi connectivity index (χ3v) is 5.02. The summed E-state index contributed by atoms with van der Waals surface area (Å²) in [5, 5.41) is 3.65. The maximum absolute atomic E-state index is 3.65. The van der Waals surface area contributed by atoms with Crippen LogP contribution in [0, 0.1) is 5.92 Å². The van der Waals surface area contributed by atoms with Crippen LogP contribution in [0.5, 0.6) is 0 Å². The molecule has 2 rings (SSSR count). The average Bonchev–Trinajstić information content (AvgIpc) is 2.38. The standard InChI is InChI=1S/C17H27N/c1-4-14(5-2)16(18-3)17(12-9-13-17)15-10-7-6-8-11-15/h6-8,10-11,14,16,18H,4-5,9,12-13H2,1-3H3. The Hall–Kier alpha value is -0.820. The number of nitrogens with one attached hydrogen (secondary N) is 1. The van der Waals surface area contributed by atoms with Crippen LogP contribution in [0.4, 0.5) is 0 Å². The van der Waals surface area contributed by atoms with Crippen molar-refractivity contribution in [1.29, 1.82) is 0 Å². The van der Waals surface area contributed by atoms with Gasteiger partial charge in [0.25, 0.3) is 0 Å². The van der Waals surface area contributed by atoms with E-state index in [4.69, 9.17) is 0 Å². The molecule has 1 aromatic carbocycles. The third kappa shape index (κ3) is 2.21. The molecule has 100 valence electrons. The van der Waals surface area contributed by atoms with Crippen molar-refractivity contribution in [1.82, 2.24) is 5.32 Å². The minimum atomic E-state index is 0.396. The van der Waals surface area contributed by atoms with Gasteiger partial charge in [-0.1, -0.05) is 63.4 Å². The lowest BCUT2D eigenvalue weighted by molar-refractivity contribution is 0.125. The van der Waals surface area contributed by atoms with Crippen molar-refractivity contribution in [2.45, 2.75) is 57.4 Å². The molecule has 1 saturated carbocycles. The van der Waals surface area contributed by atoms with E-state index in [1.165, 1.54) is 32.1 Å². The molecule has 0 radical (unpaired) electrons. The van der Waals surface area contributed by atoms with Crippen molar-refractivity contribution >= 4 is 0 Å². The summed E-state index contributed by atoms with van der Waals surface area (Å²) >= 11 is 0. The molecule has 1 aliphatic carbocycles. The Bertz CT molecular complexity index is 349. The Kier molecular flexibility index (Phi) is 4.45. The second-order valence-electron chi connectivity index (χ2n) is 5.72.